The molecule has 3 nitrogen and oxygen atoms in total. The Balaban J connectivity index is 2.32. The standard InChI is InChI=1S/C17H16N2O/c1-11-4-5-15-14(10-11)16(12(2)20)17(18-15)13-6-8-19(3)9-7-13/h4-10H,1-3H3/p+1. The van der Waals surface area contributed by atoms with Gasteiger partial charge in [-0.2, -0.15) is 0 Å². The molecule has 3 aromatic rings. The van der Waals surface area contributed by atoms with Gasteiger partial charge in [-0.1, -0.05) is 11.6 Å². The molecule has 0 fully saturated rings. The fourth-order valence-electron chi connectivity index (χ4n) is 2.56. The van der Waals surface area contributed by atoms with Crippen LogP contribution in [0.2, 0.25) is 0 Å². The summed E-state index contributed by atoms with van der Waals surface area (Å²) in [5, 5.41) is 1.00. The van der Waals surface area contributed by atoms with Crippen molar-refractivity contribution < 1.29 is 9.36 Å². The Morgan fingerprint density at radius 3 is 2.50 bits per heavy atom. The summed E-state index contributed by atoms with van der Waals surface area (Å²) in [6, 6.07) is 10.2. The molecule has 1 aromatic carbocycles. The zero-order valence-electron chi connectivity index (χ0n) is 11.9. The molecule has 0 spiro atoms. The van der Waals surface area contributed by atoms with E-state index < -0.39 is 0 Å². The molecular formula is C17H17N2O+. The summed E-state index contributed by atoms with van der Waals surface area (Å²) in [6.07, 6.45) is 3.96. The highest BCUT2D eigenvalue weighted by molar-refractivity contribution is 6.12. The molecule has 20 heavy (non-hydrogen) atoms. The van der Waals surface area contributed by atoms with Crippen molar-refractivity contribution >= 4 is 16.7 Å². The van der Waals surface area contributed by atoms with Crippen LogP contribution in [-0.4, -0.2) is 10.8 Å². The first kappa shape index (κ1) is 12.6. The number of pyridine rings is 1. The molecular weight excluding hydrogens is 248 g/mol. The number of hydrogen-bond donors (Lipinski definition) is 1. The molecule has 0 saturated carbocycles. The minimum atomic E-state index is 0.0880. The average molecular weight is 265 g/mol. The Hall–Kier alpha value is -2.42. The van der Waals surface area contributed by atoms with Crippen LogP contribution in [0.15, 0.2) is 42.7 Å². The third-order valence-corrected chi connectivity index (χ3v) is 3.57. The first-order valence-electron chi connectivity index (χ1n) is 6.65. The predicted octanol–water partition coefficient (Wildman–Crippen LogP) is 3.17. The lowest BCUT2D eigenvalue weighted by atomic mass is 10.0. The number of benzene rings is 1. The van der Waals surface area contributed by atoms with Crippen molar-refractivity contribution in [1.82, 2.24) is 4.98 Å². The van der Waals surface area contributed by atoms with Crippen molar-refractivity contribution in [2.24, 2.45) is 7.05 Å². The Bertz CT molecular complexity index is 798. The summed E-state index contributed by atoms with van der Waals surface area (Å²) >= 11 is 0. The molecule has 2 heterocycles. The number of nitrogens with zero attached hydrogens (tertiary/aromatic N) is 1. The van der Waals surface area contributed by atoms with Crippen LogP contribution in [0, 0.1) is 6.92 Å². The number of carbonyl (C=O) groups is 1. The smallest absolute Gasteiger partial charge is 0.169 e. The van der Waals surface area contributed by atoms with Gasteiger partial charge >= 0.3 is 0 Å². The summed E-state index contributed by atoms with van der Waals surface area (Å²) in [6.45, 7) is 3.66. The highest BCUT2D eigenvalue weighted by atomic mass is 16.1. The van der Waals surface area contributed by atoms with E-state index in [9.17, 15) is 4.79 Å². The lowest BCUT2D eigenvalue weighted by Crippen LogP contribution is -2.25. The van der Waals surface area contributed by atoms with Gasteiger partial charge in [-0.3, -0.25) is 4.79 Å². The zero-order chi connectivity index (χ0) is 14.3. The van der Waals surface area contributed by atoms with Crippen LogP contribution in [-0.2, 0) is 7.05 Å². The van der Waals surface area contributed by atoms with Gasteiger partial charge in [0.2, 0.25) is 0 Å². The van der Waals surface area contributed by atoms with E-state index in [4.69, 9.17) is 0 Å². The first-order valence-corrected chi connectivity index (χ1v) is 6.65. The van der Waals surface area contributed by atoms with Crippen molar-refractivity contribution in [2.45, 2.75) is 13.8 Å². The molecule has 3 heteroatoms. The molecule has 3 rings (SSSR count). The van der Waals surface area contributed by atoms with Crippen molar-refractivity contribution in [3.8, 4) is 11.3 Å². The molecule has 0 unspecified atom stereocenters. The normalized spacial score (nSPS) is 10.9. The average Bonchev–Trinajstić information content (AvgIpc) is 2.78. The summed E-state index contributed by atoms with van der Waals surface area (Å²) in [4.78, 5) is 15.4. The van der Waals surface area contributed by atoms with Crippen molar-refractivity contribution in [3.05, 3.63) is 53.9 Å². The fourth-order valence-corrected chi connectivity index (χ4v) is 2.56. The Kier molecular flexibility index (Phi) is 2.90. The van der Waals surface area contributed by atoms with Crippen LogP contribution in [0.3, 0.4) is 0 Å². The molecule has 100 valence electrons. The molecule has 0 aliphatic rings. The lowest BCUT2D eigenvalue weighted by molar-refractivity contribution is -0.671. The van der Waals surface area contributed by atoms with Gasteiger partial charge in [0.15, 0.2) is 18.2 Å². The third-order valence-electron chi connectivity index (χ3n) is 3.57. The van der Waals surface area contributed by atoms with Crippen LogP contribution < -0.4 is 4.57 Å². The van der Waals surface area contributed by atoms with Gasteiger partial charge in [-0.05, 0) is 26.0 Å². The highest BCUT2D eigenvalue weighted by Gasteiger charge is 2.17. The first-order chi connectivity index (χ1) is 9.56. The zero-order valence-corrected chi connectivity index (χ0v) is 11.9. The van der Waals surface area contributed by atoms with Crippen LogP contribution >= 0.6 is 0 Å². The highest BCUT2D eigenvalue weighted by Crippen LogP contribution is 2.30. The molecule has 2 aromatic heterocycles. The quantitative estimate of drug-likeness (QED) is 0.561. The van der Waals surface area contributed by atoms with E-state index in [2.05, 4.69) is 17.1 Å². The second-order valence-electron chi connectivity index (χ2n) is 5.23. The van der Waals surface area contributed by atoms with Crippen molar-refractivity contribution in [3.63, 3.8) is 0 Å². The lowest BCUT2D eigenvalue weighted by Gasteiger charge is -2.01. The van der Waals surface area contributed by atoms with Gasteiger partial charge in [0.05, 0.1) is 11.3 Å². The Labute approximate surface area is 117 Å². The number of aromatic nitrogens is 2. The number of carbonyl (C=O) groups excluding carboxylic acids is 1. The number of aryl methyl sites for hydroxylation is 2. The summed E-state index contributed by atoms with van der Waals surface area (Å²) in [5.41, 5.74) is 4.87. The molecule has 0 radical (unpaired) electrons. The van der Waals surface area contributed by atoms with Crippen molar-refractivity contribution in [2.75, 3.05) is 0 Å². The van der Waals surface area contributed by atoms with E-state index in [-0.39, 0.29) is 5.78 Å². The number of nitrogens with one attached hydrogen (secondary N) is 1. The van der Waals surface area contributed by atoms with E-state index in [0.29, 0.717) is 0 Å². The van der Waals surface area contributed by atoms with Crippen LogP contribution in [0.4, 0.5) is 0 Å². The number of Topliss-reactive ketones (excluding diaryl/α,β-unsaturated/α-hetero) is 1. The van der Waals surface area contributed by atoms with Crippen LogP contribution in [0.1, 0.15) is 22.8 Å². The number of fused-ring (bicyclic) bond motifs is 1. The fraction of sp³-hybridized carbons (Fsp3) is 0.176. The summed E-state index contributed by atoms with van der Waals surface area (Å²) in [7, 11) is 1.98. The van der Waals surface area contributed by atoms with Crippen molar-refractivity contribution in [1.29, 1.82) is 0 Å². The Morgan fingerprint density at radius 2 is 1.85 bits per heavy atom. The molecule has 0 aliphatic carbocycles. The van der Waals surface area contributed by atoms with Gasteiger partial charge in [-0.25, -0.2) is 4.57 Å². The molecule has 1 N–H and O–H groups in total. The summed E-state index contributed by atoms with van der Waals surface area (Å²) < 4.78 is 1.98. The molecule has 0 aliphatic heterocycles. The second-order valence-corrected chi connectivity index (χ2v) is 5.23. The largest absolute Gasteiger partial charge is 0.354 e. The number of H-pyrrole nitrogens is 1. The van der Waals surface area contributed by atoms with Crippen LogP contribution in [0.25, 0.3) is 22.2 Å². The molecule has 0 atom stereocenters. The maximum Gasteiger partial charge on any atom is 0.169 e. The second kappa shape index (κ2) is 4.60. The van der Waals surface area contributed by atoms with E-state index in [1.165, 1.54) is 0 Å². The van der Waals surface area contributed by atoms with E-state index in [1.54, 1.807) is 6.92 Å². The van der Waals surface area contributed by atoms with Crippen LogP contribution in [0.5, 0.6) is 0 Å². The third kappa shape index (κ3) is 2.01. The molecule has 0 saturated heterocycles. The van der Waals surface area contributed by atoms with Gasteiger partial charge in [0.25, 0.3) is 0 Å². The Morgan fingerprint density at radius 1 is 1.15 bits per heavy atom. The van der Waals surface area contributed by atoms with Gasteiger partial charge < -0.3 is 4.98 Å². The number of ketones is 1. The number of aromatic amines is 1. The van der Waals surface area contributed by atoms with Gasteiger partial charge in [-0.15, -0.1) is 0 Å². The van der Waals surface area contributed by atoms with E-state index in [0.717, 1.165) is 33.3 Å². The maximum atomic E-state index is 12.1. The molecule has 0 bridgehead atoms. The monoisotopic (exact) mass is 265 g/mol. The minimum Gasteiger partial charge on any atom is -0.354 e. The minimum absolute atomic E-state index is 0.0880. The number of hydrogen-bond acceptors (Lipinski definition) is 1. The van der Waals surface area contributed by atoms with Gasteiger partial charge in [0, 0.05) is 28.6 Å². The van der Waals surface area contributed by atoms with E-state index in [1.807, 2.05) is 49.1 Å². The van der Waals surface area contributed by atoms with E-state index >= 15 is 0 Å². The predicted molar refractivity (Wildman–Crippen MR) is 79.7 cm³/mol. The topological polar surface area (TPSA) is 36.7 Å². The SMILES string of the molecule is CC(=O)c1c(-c2cc[n+](C)cc2)[nH]c2ccc(C)cc12. The maximum absolute atomic E-state index is 12.1. The molecule has 0 amide bonds. The summed E-state index contributed by atoms with van der Waals surface area (Å²) in [5.74, 6) is 0.0880. The number of rotatable bonds is 2. The van der Waals surface area contributed by atoms with Gasteiger partial charge in [0.1, 0.15) is 7.05 Å².